The van der Waals surface area contributed by atoms with Crippen molar-refractivity contribution in [1.82, 2.24) is 0 Å². The van der Waals surface area contributed by atoms with Crippen LogP contribution in [0.5, 0.6) is 0 Å². The third kappa shape index (κ3) is 1.72. The minimum Gasteiger partial charge on any atom is -0.481 e. The average molecular weight is 237 g/mol. The molecule has 1 fully saturated rings. The van der Waals surface area contributed by atoms with Crippen molar-refractivity contribution in [3.05, 3.63) is 29.8 Å². The maximum absolute atomic E-state index is 11.4. The van der Waals surface area contributed by atoms with E-state index in [4.69, 9.17) is 5.73 Å². The Labute approximate surface area is 99.0 Å². The van der Waals surface area contributed by atoms with E-state index in [2.05, 4.69) is 0 Å². The summed E-state index contributed by atoms with van der Waals surface area (Å²) in [4.78, 5) is 12.5. The van der Waals surface area contributed by atoms with Crippen LogP contribution in [-0.4, -0.2) is 23.4 Å². The van der Waals surface area contributed by atoms with Crippen molar-refractivity contribution in [2.75, 3.05) is 6.26 Å². The number of hydrogen-bond acceptors (Lipinski definition) is 3. The van der Waals surface area contributed by atoms with Crippen molar-refractivity contribution in [2.45, 2.75) is 29.2 Å². The zero-order valence-corrected chi connectivity index (χ0v) is 9.96. The maximum atomic E-state index is 11.4. The minimum absolute atomic E-state index is 0.0223. The Morgan fingerprint density at radius 3 is 2.75 bits per heavy atom. The number of carbonyl (C=O) groups is 1. The van der Waals surface area contributed by atoms with Gasteiger partial charge in [0, 0.05) is 10.9 Å². The molecule has 2 rings (SSSR count). The normalized spacial score (nSPS) is 28.5. The molecule has 1 aromatic rings. The van der Waals surface area contributed by atoms with Gasteiger partial charge in [-0.2, -0.15) is 0 Å². The van der Waals surface area contributed by atoms with E-state index >= 15 is 0 Å². The molecular formula is C12H15NO2S. The van der Waals surface area contributed by atoms with Crippen LogP contribution >= 0.6 is 11.8 Å². The molecule has 0 aliphatic heterocycles. The first-order chi connectivity index (χ1) is 7.58. The highest BCUT2D eigenvalue weighted by Crippen LogP contribution is 2.43. The van der Waals surface area contributed by atoms with Crippen LogP contribution in [0.4, 0.5) is 0 Å². The summed E-state index contributed by atoms with van der Waals surface area (Å²) in [5, 5.41) is 9.36. The molecule has 0 atom stereocenters. The van der Waals surface area contributed by atoms with Gasteiger partial charge in [0.1, 0.15) is 0 Å². The highest BCUT2D eigenvalue weighted by Gasteiger charge is 2.50. The van der Waals surface area contributed by atoms with E-state index in [1.165, 1.54) is 0 Å². The van der Waals surface area contributed by atoms with E-state index in [1.807, 2.05) is 30.5 Å². The fraction of sp³-hybridized carbons (Fsp3) is 0.417. The molecule has 3 nitrogen and oxygen atoms in total. The fourth-order valence-electron chi connectivity index (χ4n) is 2.29. The van der Waals surface area contributed by atoms with Crippen LogP contribution in [0.1, 0.15) is 18.4 Å². The van der Waals surface area contributed by atoms with E-state index in [-0.39, 0.29) is 6.04 Å². The third-order valence-corrected chi connectivity index (χ3v) is 3.98. The van der Waals surface area contributed by atoms with Crippen molar-refractivity contribution >= 4 is 17.7 Å². The molecule has 16 heavy (non-hydrogen) atoms. The predicted octanol–water partition coefficient (Wildman–Crippen LogP) is 1.85. The number of carboxylic acid groups (broad SMARTS) is 1. The second kappa shape index (κ2) is 4.11. The highest BCUT2D eigenvalue weighted by atomic mass is 32.2. The topological polar surface area (TPSA) is 63.3 Å². The van der Waals surface area contributed by atoms with Crippen LogP contribution in [0.25, 0.3) is 0 Å². The summed E-state index contributed by atoms with van der Waals surface area (Å²) in [6.07, 6.45) is 3.07. The van der Waals surface area contributed by atoms with Crippen LogP contribution < -0.4 is 5.73 Å². The standard InChI is InChI=1S/C12H15NO2S/c1-16-10-4-2-3-8(5-10)12(11(14)15)6-9(13)7-12/h2-5,9H,6-7,13H2,1H3,(H,14,15). The van der Waals surface area contributed by atoms with Gasteiger partial charge >= 0.3 is 5.97 Å². The summed E-state index contributed by atoms with van der Waals surface area (Å²) in [6, 6.07) is 7.77. The lowest BCUT2D eigenvalue weighted by molar-refractivity contribution is -0.148. The van der Waals surface area contributed by atoms with E-state index < -0.39 is 11.4 Å². The van der Waals surface area contributed by atoms with E-state index in [0.29, 0.717) is 12.8 Å². The van der Waals surface area contributed by atoms with Crippen molar-refractivity contribution in [2.24, 2.45) is 5.73 Å². The zero-order chi connectivity index (χ0) is 11.8. The minimum atomic E-state index is -0.757. The number of thioether (sulfide) groups is 1. The van der Waals surface area contributed by atoms with Crippen LogP contribution in [0.2, 0.25) is 0 Å². The van der Waals surface area contributed by atoms with Crippen molar-refractivity contribution in [3.8, 4) is 0 Å². The van der Waals surface area contributed by atoms with Gasteiger partial charge in [-0.25, -0.2) is 0 Å². The number of hydrogen-bond donors (Lipinski definition) is 2. The first-order valence-corrected chi connectivity index (χ1v) is 6.44. The number of carboxylic acids is 1. The molecule has 3 N–H and O–H groups in total. The Morgan fingerprint density at radius 2 is 2.25 bits per heavy atom. The Balaban J connectivity index is 2.37. The molecule has 0 heterocycles. The van der Waals surface area contributed by atoms with Crippen LogP contribution in [0.15, 0.2) is 29.2 Å². The van der Waals surface area contributed by atoms with Crippen molar-refractivity contribution < 1.29 is 9.90 Å². The summed E-state index contributed by atoms with van der Waals surface area (Å²) in [5.41, 5.74) is 5.87. The maximum Gasteiger partial charge on any atom is 0.314 e. The Morgan fingerprint density at radius 1 is 1.56 bits per heavy atom. The molecule has 0 spiro atoms. The van der Waals surface area contributed by atoms with Gasteiger partial charge in [-0.1, -0.05) is 12.1 Å². The van der Waals surface area contributed by atoms with Gasteiger partial charge in [0.15, 0.2) is 0 Å². The van der Waals surface area contributed by atoms with Gasteiger partial charge in [-0.05, 0) is 36.8 Å². The SMILES string of the molecule is CSc1cccc(C2(C(=O)O)CC(N)C2)c1. The van der Waals surface area contributed by atoms with Gasteiger partial charge in [0.2, 0.25) is 0 Å². The molecular weight excluding hydrogens is 222 g/mol. The predicted molar refractivity (Wildman–Crippen MR) is 64.7 cm³/mol. The van der Waals surface area contributed by atoms with Gasteiger partial charge in [-0.15, -0.1) is 11.8 Å². The second-order valence-corrected chi connectivity index (χ2v) is 5.17. The first kappa shape index (κ1) is 11.5. The molecule has 0 unspecified atom stereocenters. The molecule has 4 heteroatoms. The monoisotopic (exact) mass is 237 g/mol. The Kier molecular flexibility index (Phi) is 2.95. The van der Waals surface area contributed by atoms with E-state index in [1.54, 1.807) is 11.8 Å². The molecule has 0 radical (unpaired) electrons. The second-order valence-electron chi connectivity index (χ2n) is 4.29. The third-order valence-electron chi connectivity index (χ3n) is 3.25. The molecule has 1 aliphatic carbocycles. The molecule has 86 valence electrons. The van der Waals surface area contributed by atoms with Crippen LogP contribution in [-0.2, 0) is 10.2 Å². The van der Waals surface area contributed by atoms with Crippen LogP contribution in [0.3, 0.4) is 0 Å². The summed E-state index contributed by atoms with van der Waals surface area (Å²) < 4.78 is 0. The van der Waals surface area contributed by atoms with Gasteiger partial charge in [0.25, 0.3) is 0 Å². The smallest absolute Gasteiger partial charge is 0.314 e. The average Bonchev–Trinajstić information content (AvgIpc) is 2.24. The summed E-state index contributed by atoms with van der Waals surface area (Å²) in [6.45, 7) is 0. The molecule has 0 saturated heterocycles. The van der Waals surface area contributed by atoms with Gasteiger partial charge in [-0.3, -0.25) is 4.79 Å². The lowest BCUT2D eigenvalue weighted by Crippen LogP contribution is -2.54. The zero-order valence-electron chi connectivity index (χ0n) is 9.14. The lowest BCUT2D eigenvalue weighted by atomic mass is 9.62. The summed E-state index contributed by atoms with van der Waals surface area (Å²) >= 11 is 1.62. The Bertz CT molecular complexity index is 413. The van der Waals surface area contributed by atoms with Gasteiger partial charge < -0.3 is 10.8 Å². The molecule has 0 bridgehead atoms. The lowest BCUT2D eigenvalue weighted by Gasteiger charge is -2.43. The largest absolute Gasteiger partial charge is 0.481 e. The molecule has 1 aromatic carbocycles. The first-order valence-electron chi connectivity index (χ1n) is 5.22. The number of aliphatic carboxylic acids is 1. The number of rotatable bonds is 3. The Hall–Kier alpha value is -1.00. The van der Waals surface area contributed by atoms with Gasteiger partial charge in [0.05, 0.1) is 5.41 Å². The number of nitrogens with two attached hydrogens (primary N) is 1. The van der Waals surface area contributed by atoms with E-state index in [0.717, 1.165) is 10.5 Å². The number of benzene rings is 1. The van der Waals surface area contributed by atoms with Crippen molar-refractivity contribution in [1.29, 1.82) is 0 Å². The van der Waals surface area contributed by atoms with E-state index in [9.17, 15) is 9.90 Å². The van der Waals surface area contributed by atoms with Crippen LogP contribution in [0, 0.1) is 0 Å². The summed E-state index contributed by atoms with van der Waals surface area (Å²) in [7, 11) is 0. The molecule has 0 aromatic heterocycles. The highest BCUT2D eigenvalue weighted by molar-refractivity contribution is 7.98. The molecule has 0 amide bonds. The summed E-state index contributed by atoms with van der Waals surface area (Å²) in [5.74, 6) is -0.757. The molecule has 1 aliphatic rings. The molecule has 1 saturated carbocycles. The quantitative estimate of drug-likeness (QED) is 0.788. The van der Waals surface area contributed by atoms with Crippen molar-refractivity contribution in [3.63, 3.8) is 0 Å². The fourth-order valence-corrected chi connectivity index (χ4v) is 2.75.